The van der Waals surface area contributed by atoms with Crippen LogP contribution in [0.2, 0.25) is 5.28 Å². The molecule has 3 rings (SSSR count). The summed E-state index contributed by atoms with van der Waals surface area (Å²) in [6, 6.07) is 0. The fourth-order valence-corrected chi connectivity index (χ4v) is 2.53. The number of rotatable bonds is 3. The van der Waals surface area contributed by atoms with Crippen LogP contribution in [0.3, 0.4) is 0 Å². The molecule has 0 bridgehead atoms. The number of nitrogens with zero attached hydrogens (tertiary/aromatic N) is 4. The van der Waals surface area contributed by atoms with Crippen molar-refractivity contribution in [3.63, 3.8) is 0 Å². The summed E-state index contributed by atoms with van der Waals surface area (Å²) in [5.74, 6) is 0. The summed E-state index contributed by atoms with van der Waals surface area (Å²) in [6.45, 7) is -0.801. The van der Waals surface area contributed by atoms with Gasteiger partial charge in [-0.1, -0.05) is 0 Å². The lowest BCUT2D eigenvalue weighted by Crippen LogP contribution is -2.33. The number of hydrogen-bond donors (Lipinski definition) is 4. The highest BCUT2D eigenvalue weighted by molar-refractivity contribution is 6.28. The lowest BCUT2D eigenvalue weighted by atomic mass is 10.1. The molecule has 1 aliphatic heterocycles. The Labute approximate surface area is 123 Å². The van der Waals surface area contributed by atoms with E-state index in [1.807, 2.05) is 0 Å². The van der Waals surface area contributed by atoms with Crippen molar-refractivity contribution < 1.29 is 25.2 Å². The van der Waals surface area contributed by atoms with Crippen LogP contribution in [-0.4, -0.2) is 64.9 Å². The van der Waals surface area contributed by atoms with Gasteiger partial charge in [0, 0.05) is 0 Å². The number of aliphatic hydroxyl groups excluding tert-OH is 4. The van der Waals surface area contributed by atoms with Crippen LogP contribution < -0.4 is 0 Å². The van der Waals surface area contributed by atoms with E-state index in [0.717, 1.165) is 0 Å². The standard InChI is InChI=1S/C11H13ClN4O5/c12-11-14-4(1-17)6-9(15-11)16(3-13-6)10-8(20)7(19)5(2-18)21-10/h3,5,7-8,10,17-20H,1-2H2/t5-,7-,8-,10-/m1/s1. The number of ether oxygens (including phenoxy) is 1. The first-order valence-electron chi connectivity index (χ1n) is 6.19. The van der Waals surface area contributed by atoms with Crippen LogP contribution in [0, 0.1) is 0 Å². The maximum atomic E-state index is 10.0. The van der Waals surface area contributed by atoms with Gasteiger partial charge in [0.25, 0.3) is 0 Å². The molecule has 9 nitrogen and oxygen atoms in total. The number of fused-ring (bicyclic) bond motifs is 1. The van der Waals surface area contributed by atoms with Crippen molar-refractivity contribution in [3.8, 4) is 0 Å². The third kappa shape index (κ3) is 2.27. The van der Waals surface area contributed by atoms with Crippen molar-refractivity contribution >= 4 is 22.8 Å². The first kappa shape index (κ1) is 14.6. The third-order valence-corrected chi connectivity index (χ3v) is 3.58. The van der Waals surface area contributed by atoms with Crippen LogP contribution in [-0.2, 0) is 11.3 Å². The number of halogens is 1. The van der Waals surface area contributed by atoms with Gasteiger partial charge in [0.2, 0.25) is 5.28 Å². The number of aromatic nitrogens is 4. The number of hydrogen-bond acceptors (Lipinski definition) is 8. The first-order chi connectivity index (χ1) is 10.1. The zero-order valence-corrected chi connectivity index (χ0v) is 11.4. The molecule has 0 aliphatic carbocycles. The molecule has 0 radical (unpaired) electrons. The van der Waals surface area contributed by atoms with E-state index in [4.69, 9.17) is 21.4 Å². The average molecular weight is 317 g/mol. The van der Waals surface area contributed by atoms with Crippen molar-refractivity contribution in [2.24, 2.45) is 0 Å². The van der Waals surface area contributed by atoms with E-state index in [9.17, 15) is 15.3 Å². The Morgan fingerprint density at radius 1 is 1.24 bits per heavy atom. The summed E-state index contributed by atoms with van der Waals surface area (Å²) in [5.41, 5.74) is 0.823. The van der Waals surface area contributed by atoms with Crippen molar-refractivity contribution in [1.29, 1.82) is 0 Å². The SMILES string of the molecule is OCc1nc(Cl)nc2c1ncn2[C@@H]1O[C@H](CO)[C@@H](O)[C@H]1O. The van der Waals surface area contributed by atoms with Crippen LogP contribution in [0.25, 0.3) is 11.2 Å². The molecule has 0 unspecified atom stereocenters. The van der Waals surface area contributed by atoms with Gasteiger partial charge in [-0.15, -0.1) is 0 Å². The maximum absolute atomic E-state index is 10.0. The number of aliphatic hydroxyl groups is 4. The molecule has 0 saturated carbocycles. The van der Waals surface area contributed by atoms with E-state index >= 15 is 0 Å². The van der Waals surface area contributed by atoms with Gasteiger partial charge in [-0.2, -0.15) is 4.98 Å². The van der Waals surface area contributed by atoms with Gasteiger partial charge in [-0.3, -0.25) is 4.57 Å². The topological polar surface area (TPSA) is 134 Å². The molecule has 0 spiro atoms. The Morgan fingerprint density at radius 2 is 2.00 bits per heavy atom. The van der Waals surface area contributed by atoms with Crippen LogP contribution in [0.15, 0.2) is 6.33 Å². The largest absolute Gasteiger partial charge is 0.394 e. The van der Waals surface area contributed by atoms with Gasteiger partial charge in [0.1, 0.15) is 23.8 Å². The Bertz CT molecular complexity index is 665. The number of imidazole rings is 1. The third-order valence-electron chi connectivity index (χ3n) is 3.41. The molecular weight excluding hydrogens is 304 g/mol. The summed E-state index contributed by atoms with van der Waals surface area (Å²) in [4.78, 5) is 11.9. The molecular formula is C11H13ClN4O5. The lowest BCUT2D eigenvalue weighted by Gasteiger charge is -2.16. The van der Waals surface area contributed by atoms with Gasteiger partial charge in [-0.25, -0.2) is 9.97 Å². The molecule has 0 aromatic carbocycles. The van der Waals surface area contributed by atoms with Crippen LogP contribution >= 0.6 is 11.6 Å². The molecule has 3 heterocycles. The predicted molar refractivity (Wildman–Crippen MR) is 69.3 cm³/mol. The molecule has 2 aromatic heterocycles. The Kier molecular flexibility index (Phi) is 3.78. The monoisotopic (exact) mass is 316 g/mol. The van der Waals surface area contributed by atoms with Gasteiger partial charge in [0.15, 0.2) is 11.9 Å². The van der Waals surface area contributed by atoms with E-state index < -0.39 is 31.1 Å². The van der Waals surface area contributed by atoms with E-state index in [1.54, 1.807) is 0 Å². The Balaban J connectivity index is 2.07. The molecule has 0 amide bonds. The molecule has 4 N–H and O–H groups in total. The average Bonchev–Trinajstić information content (AvgIpc) is 3.01. The van der Waals surface area contributed by atoms with Crippen LogP contribution in [0.5, 0.6) is 0 Å². The minimum Gasteiger partial charge on any atom is -0.394 e. The van der Waals surface area contributed by atoms with E-state index in [1.165, 1.54) is 10.9 Å². The molecule has 10 heteroatoms. The zero-order chi connectivity index (χ0) is 15.1. The smallest absolute Gasteiger partial charge is 0.224 e. The Morgan fingerprint density at radius 3 is 2.62 bits per heavy atom. The molecule has 1 fully saturated rings. The molecule has 114 valence electrons. The lowest BCUT2D eigenvalue weighted by molar-refractivity contribution is -0.0511. The fraction of sp³-hybridized carbons (Fsp3) is 0.545. The van der Waals surface area contributed by atoms with Gasteiger partial charge in [0.05, 0.1) is 25.2 Å². The van der Waals surface area contributed by atoms with Gasteiger partial charge < -0.3 is 25.2 Å². The first-order valence-corrected chi connectivity index (χ1v) is 6.57. The second-order valence-corrected chi connectivity index (χ2v) is 4.99. The van der Waals surface area contributed by atoms with E-state index in [0.29, 0.717) is 5.52 Å². The summed E-state index contributed by atoms with van der Waals surface area (Å²) in [6.07, 6.45) is -3.02. The minimum atomic E-state index is -1.26. The summed E-state index contributed by atoms with van der Waals surface area (Å²) >= 11 is 5.79. The Hall–Kier alpha value is -1.36. The normalized spacial score (nSPS) is 29.4. The molecule has 1 saturated heterocycles. The second-order valence-electron chi connectivity index (χ2n) is 4.65. The highest BCUT2D eigenvalue weighted by atomic mass is 35.5. The van der Waals surface area contributed by atoms with Gasteiger partial charge >= 0.3 is 0 Å². The molecule has 4 atom stereocenters. The molecule has 2 aromatic rings. The summed E-state index contributed by atoms with van der Waals surface area (Å²) in [5, 5.41) is 38.1. The molecule has 21 heavy (non-hydrogen) atoms. The van der Waals surface area contributed by atoms with Crippen molar-refractivity contribution in [2.45, 2.75) is 31.1 Å². The maximum Gasteiger partial charge on any atom is 0.224 e. The van der Waals surface area contributed by atoms with Crippen molar-refractivity contribution in [1.82, 2.24) is 19.5 Å². The van der Waals surface area contributed by atoms with Gasteiger partial charge in [-0.05, 0) is 11.6 Å². The molecule has 1 aliphatic rings. The highest BCUT2D eigenvalue weighted by Crippen LogP contribution is 2.31. The quantitative estimate of drug-likeness (QED) is 0.507. The van der Waals surface area contributed by atoms with E-state index in [-0.39, 0.29) is 23.2 Å². The van der Waals surface area contributed by atoms with Crippen molar-refractivity contribution in [2.75, 3.05) is 6.61 Å². The second kappa shape index (κ2) is 5.44. The van der Waals surface area contributed by atoms with Crippen LogP contribution in [0.1, 0.15) is 11.9 Å². The zero-order valence-electron chi connectivity index (χ0n) is 10.7. The van der Waals surface area contributed by atoms with Crippen LogP contribution in [0.4, 0.5) is 0 Å². The fourth-order valence-electron chi connectivity index (χ4n) is 2.35. The highest BCUT2D eigenvalue weighted by Gasteiger charge is 2.44. The van der Waals surface area contributed by atoms with Crippen molar-refractivity contribution in [3.05, 3.63) is 17.3 Å². The van der Waals surface area contributed by atoms with E-state index in [2.05, 4.69) is 15.0 Å². The summed E-state index contributed by atoms with van der Waals surface area (Å²) < 4.78 is 6.79. The predicted octanol–water partition coefficient (Wildman–Crippen LogP) is -1.42. The minimum absolute atomic E-state index is 0.0833. The summed E-state index contributed by atoms with van der Waals surface area (Å²) in [7, 11) is 0.